The topological polar surface area (TPSA) is 79.7 Å². The average molecular weight is 443 g/mol. The quantitative estimate of drug-likeness (QED) is 0.584. The van der Waals surface area contributed by atoms with E-state index in [1.165, 1.54) is 32.1 Å². The molecule has 1 aromatic heterocycles. The van der Waals surface area contributed by atoms with Crippen molar-refractivity contribution >= 4 is 0 Å². The zero-order valence-corrected chi connectivity index (χ0v) is 19.8. The first-order valence-electron chi connectivity index (χ1n) is 11.8. The van der Waals surface area contributed by atoms with Crippen molar-refractivity contribution in [3.8, 4) is 11.5 Å². The van der Waals surface area contributed by atoms with E-state index in [-0.39, 0.29) is 6.61 Å². The molecule has 1 saturated heterocycles. The highest BCUT2D eigenvalue weighted by Gasteiger charge is 2.15. The number of aliphatic hydroxyl groups is 1. The van der Waals surface area contributed by atoms with Gasteiger partial charge in [-0.05, 0) is 63.5 Å². The maximum Gasteiger partial charge on any atom is 0.161 e. The summed E-state index contributed by atoms with van der Waals surface area (Å²) in [6, 6.07) is 7.86. The van der Waals surface area contributed by atoms with Gasteiger partial charge in [-0.2, -0.15) is 0 Å². The van der Waals surface area contributed by atoms with Gasteiger partial charge in [-0.15, -0.1) is 0 Å². The van der Waals surface area contributed by atoms with Crippen LogP contribution in [0.2, 0.25) is 0 Å². The number of aliphatic hydroxyl groups excluding tert-OH is 1. The summed E-state index contributed by atoms with van der Waals surface area (Å²) >= 11 is 0. The summed E-state index contributed by atoms with van der Waals surface area (Å²) in [5, 5.41) is 13.9. The molecule has 0 unspecified atom stereocenters. The molecule has 32 heavy (non-hydrogen) atoms. The molecular weight excluding hydrogens is 404 g/mol. The summed E-state index contributed by atoms with van der Waals surface area (Å²) < 4.78 is 11.4. The van der Waals surface area contributed by atoms with Crippen LogP contribution in [0.4, 0.5) is 0 Å². The molecule has 1 aliphatic rings. The highest BCUT2D eigenvalue weighted by Crippen LogP contribution is 2.28. The van der Waals surface area contributed by atoms with E-state index in [0.29, 0.717) is 31.1 Å². The van der Waals surface area contributed by atoms with E-state index in [2.05, 4.69) is 20.2 Å². The number of benzene rings is 1. The van der Waals surface area contributed by atoms with Gasteiger partial charge in [-0.3, -0.25) is 0 Å². The zero-order valence-electron chi connectivity index (χ0n) is 19.8. The van der Waals surface area contributed by atoms with E-state index in [0.717, 1.165) is 35.9 Å². The van der Waals surface area contributed by atoms with Gasteiger partial charge in [0.15, 0.2) is 11.5 Å². The number of aromatic nitrogens is 2. The van der Waals surface area contributed by atoms with Gasteiger partial charge in [0, 0.05) is 24.5 Å². The second-order valence-electron chi connectivity index (χ2n) is 8.69. The largest absolute Gasteiger partial charge is 0.493 e. The Balaban J connectivity index is 1.47. The maximum atomic E-state index is 10.5. The predicted octanol–water partition coefficient (Wildman–Crippen LogP) is 3.40. The molecule has 0 bridgehead atoms. The third-order valence-corrected chi connectivity index (χ3v) is 5.72. The number of nitrogens with one attached hydrogen (secondary N) is 1. The van der Waals surface area contributed by atoms with Gasteiger partial charge in [0.25, 0.3) is 0 Å². The molecular formula is C25H38N4O3. The fourth-order valence-electron chi connectivity index (χ4n) is 4.17. The molecule has 2 aromatic rings. The monoisotopic (exact) mass is 442 g/mol. The first-order valence-corrected chi connectivity index (χ1v) is 11.8. The van der Waals surface area contributed by atoms with Crippen LogP contribution in [0.3, 0.4) is 0 Å². The summed E-state index contributed by atoms with van der Waals surface area (Å²) in [6.45, 7) is 8.28. The summed E-state index contributed by atoms with van der Waals surface area (Å²) in [7, 11) is 1.64. The van der Waals surface area contributed by atoms with Crippen molar-refractivity contribution in [2.45, 2.75) is 65.1 Å². The van der Waals surface area contributed by atoms with Crippen molar-refractivity contribution in [2.24, 2.45) is 0 Å². The number of methoxy groups -OCH3 is 1. The first kappa shape index (κ1) is 24.4. The van der Waals surface area contributed by atoms with Crippen LogP contribution in [0.15, 0.2) is 24.3 Å². The fraction of sp³-hybridized carbons (Fsp3) is 0.600. The van der Waals surface area contributed by atoms with Gasteiger partial charge in [-0.1, -0.05) is 25.3 Å². The third kappa shape index (κ3) is 8.04. The molecule has 1 fully saturated rings. The van der Waals surface area contributed by atoms with Gasteiger partial charge >= 0.3 is 0 Å². The Morgan fingerprint density at radius 2 is 1.66 bits per heavy atom. The molecule has 7 nitrogen and oxygen atoms in total. The summed E-state index contributed by atoms with van der Waals surface area (Å²) in [6.07, 6.45) is 5.83. The lowest BCUT2D eigenvalue weighted by Gasteiger charge is -2.26. The minimum absolute atomic E-state index is 0.258. The predicted molar refractivity (Wildman–Crippen MR) is 126 cm³/mol. The standard InChI is InChI=1S/C25H38N4O3/c1-19-13-20(2)28-25(27-19)16-26-15-21-9-10-23(24(14-21)31-3)32-18-22(30)17-29-11-7-5-4-6-8-12-29/h9-10,13-14,22,26,30H,4-8,11-12,15-18H2,1-3H3/t22-/m1/s1. The highest BCUT2D eigenvalue weighted by molar-refractivity contribution is 5.43. The lowest BCUT2D eigenvalue weighted by Crippen LogP contribution is -2.37. The molecule has 0 aliphatic carbocycles. The SMILES string of the molecule is COc1cc(CNCc2nc(C)cc(C)n2)ccc1OC[C@H](O)CN1CCCCCCC1. The van der Waals surface area contributed by atoms with Gasteiger partial charge in [0.05, 0.1) is 13.7 Å². The minimum atomic E-state index is -0.515. The van der Waals surface area contributed by atoms with Gasteiger partial charge in [0.2, 0.25) is 0 Å². The lowest BCUT2D eigenvalue weighted by molar-refractivity contribution is 0.0645. The molecule has 2 N–H and O–H groups in total. The number of aryl methyl sites for hydroxylation is 2. The minimum Gasteiger partial charge on any atom is -0.493 e. The molecule has 176 valence electrons. The van der Waals surface area contributed by atoms with Crippen LogP contribution in [-0.4, -0.2) is 59.4 Å². The number of hydrogen-bond acceptors (Lipinski definition) is 7. The van der Waals surface area contributed by atoms with Gasteiger partial charge in [-0.25, -0.2) is 9.97 Å². The maximum absolute atomic E-state index is 10.5. The van der Waals surface area contributed by atoms with E-state index in [9.17, 15) is 5.11 Å². The number of likely N-dealkylation sites (tertiary alicyclic amines) is 1. The van der Waals surface area contributed by atoms with Crippen LogP contribution in [0.1, 0.15) is 54.9 Å². The van der Waals surface area contributed by atoms with Gasteiger partial charge < -0.3 is 24.8 Å². The lowest BCUT2D eigenvalue weighted by atomic mass is 10.1. The fourth-order valence-corrected chi connectivity index (χ4v) is 4.17. The number of rotatable bonds is 10. The normalized spacial score (nSPS) is 16.2. The van der Waals surface area contributed by atoms with Crippen molar-refractivity contribution < 1.29 is 14.6 Å². The smallest absolute Gasteiger partial charge is 0.161 e. The molecule has 1 aromatic carbocycles. The summed E-state index contributed by atoms with van der Waals surface area (Å²) in [5.74, 6) is 2.12. The molecule has 3 rings (SSSR count). The Labute approximate surface area is 192 Å². The van der Waals surface area contributed by atoms with Crippen molar-refractivity contribution in [2.75, 3.05) is 33.4 Å². The molecule has 0 amide bonds. The Morgan fingerprint density at radius 1 is 0.969 bits per heavy atom. The van der Waals surface area contributed by atoms with Crippen molar-refractivity contribution in [1.82, 2.24) is 20.2 Å². The van der Waals surface area contributed by atoms with Crippen LogP contribution >= 0.6 is 0 Å². The molecule has 1 aliphatic heterocycles. The number of ether oxygens (including phenoxy) is 2. The third-order valence-electron chi connectivity index (χ3n) is 5.72. The summed E-state index contributed by atoms with van der Waals surface area (Å²) in [5.41, 5.74) is 3.04. The molecule has 7 heteroatoms. The van der Waals surface area contributed by atoms with E-state index < -0.39 is 6.10 Å². The number of nitrogens with zero attached hydrogens (tertiary/aromatic N) is 3. The van der Waals surface area contributed by atoms with Crippen LogP contribution in [0.25, 0.3) is 0 Å². The molecule has 0 saturated carbocycles. The number of β-amino-alcohol motifs (C(OH)–C–C–N with tert-alkyl or cyclic N) is 1. The van der Waals surface area contributed by atoms with Crippen LogP contribution in [0, 0.1) is 13.8 Å². The van der Waals surface area contributed by atoms with Crippen molar-refractivity contribution in [3.05, 3.63) is 47.0 Å². The van der Waals surface area contributed by atoms with Crippen molar-refractivity contribution in [3.63, 3.8) is 0 Å². The molecule has 2 heterocycles. The second kappa shape index (κ2) is 12.7. The molecule has 0 spiro atoms. The van der Waals surface area contributed by atoms with E-state index in [1.807, 2.05) is 38.1 Å². The average Bonchev–Trinajstić information content (AvgIpc) is 2.74. The van der Waals surface area contributed by atoms with E-state index in [4.69, 9.17) is 9.47 Å². The van der Waals surface area contributed by atoms with Gasteiger partial charge in [0.1, 0.15) is 18.5 Å². The zero-order chi connectivity index (χ0) is 22.8. The van der Waals surface area contributed by atoms with Crippen LogP contribution in [0.5, 0.6) is 11.5 Å². The Hall–Kier alpha value is -2.22. The molecule has 1 atom stereocenters. The Bertz CT molecular complexity index is 818. The van der Waals surface area contributed by atoms with E-state index in [1.54, 1.807) is 7.11 Å². The molecule has 0 radical (unpaired) electrons. The first-order chi connectivity index (χ1) is 15.5. The Kier molecular flexibility index (Phi) is 9.71. The summed E-state index contributed by atoms with van der Waals surface area (Å²) in [4.78, 5) is 11.3. The van der Waals surface area contributed by atoms with Crippen LogP contribution in [-0.2, 0) is 13.1 Å². The highest BCUT2D eigenvalue weighted by atomic mass is 16.5. The Morgan fingerprint density at radius 3 is 2.34 bits per heavy atom. The van der Waals surface area contributed by atoms with E-state index >= 15 is 0 Å². The number of hydrogen-bond donors (Lipinski definition) is 2. The second-order valence-corrected chi connectivity index (χ2v) is 8.69. The van der Waals surface area contributed by atoms with Crippen molar-refractivity contribution in [1.29, 1.82) is 0 Å². The van der Waals surface area contributed by atoms with Crippen LogP contribution < -0.4 is 14.8 Å².